The standard InChI is InChI=1S/C47H28N6S.C43H25N5S.C37H25N5S/c1-2-11-31(12-3-1)47-49-40(28-41(50-47)32-13-10-14-33(27-32)53-42-19-8-5-15-34(42)35-16-6-9-20-43(35)53)29-21-23-30(24-22-29)45-37-25-26-39-46(52-54-51-39)44(37)36-17-4-7-18-38(36)48-45;1-3-9-30-23-32(19-13-26(30)7-1)39-25-38(45-43(46-39)33-20-14-27-8-2-4-10-31(27)24-33)28-15-17-29(18-16-28)41-35-21-22-37-42(48-49-47-37)40(35)34-11-5-6-12-36(34)44-41;1-22-7-11-24(12-8-22)32-21-33(40-37(39-32)27-13-9-23(2)10-14-27)25-15-17-26(18-16-25)35-29-19-20-31-36(42-43-41-31)34(29)28-5-3-4-6-30(28)38-35/h1-28H;1-25H;3-21H,1-2H3. The van der Waals surface area contributed by atoms with Gasteiger partial charge >= 0.3 is 0 Å². The minimum atomic E-state index is 0.678. The van der Waals surface area contributed by atoms with Crippen LogP contribution in [0.15, 0.2) is 437 Å². The molecular formula is C127H78N16S3. The van der Waals surface area contributed by atoms with Crippen LogP contribution in [0.3, 0.4) is 0 Å². The third-order valence-electron chi connectivity index (χ3n) is 27.5. The number of aryl methyl sites for hydroxylation is 2. The Morgan fingerprint density at radius 2 is 0.473 bits per heavy atom. The zero-order chi connectivity index (χ0) is 96.8. The molecule has 29 rings (SSSR count). The molecule has 19 heteroatoms. The minimum absolute atomic E-state index is 0.678. The third kappa shape index (κ3) is 15.8. The van der Waals surface area contributed by atoms with Gasteiger partial charge in [-0.1, -0.05) is 339 Å². The smallest absolute Gasteiger partial charge is 0.160 e. The van der Waals surface area contributed by atoms with E-state index in [1.54, 1.807) is 0 Å². The van der Waals surface area contributed by atoms with Crippen molar-refractivity contribution in [2.24, 2.45) is 0 Å². The van der Waals surface area contributed by atoms with Gasteiger partial charge in [0.25, 0.3) is 0 Å². The Balaban J connectivity index is 0.000000109. The third-order valence-corrected chi connectivity index (χ3v) is 29.2. The van der Waals surface area contributed by atoms with E-state index in [0.717, 1.165) is 227 Å². The lowest BCUT2D eigenvalue weighted by molar-refractivity contribution is 1.16. The summed E-state index contributed by atoms with van der Waals surface area (Å²) in [5.74, 6) is 2.08. The molecule has 0 saturated heterocycles. The maximum atomic E-state index is 5.17. The Labute approximate surface area is 848 Å². The zero-order valence-electron chi connectivity index (χ0n) is 78.4. The fourth-order valence-electron chi connectivity index (χ4n) is 20.2. The van der Waals surface area contributed by atoms with Gasteiger partial charge in [-0.3, -0.25) is 0 Å². The molecule has 0 radical (unpaired) electrons. The van der Waals surface area contributed by atoms with Crippen molar-refractivity contribution in [2.75, 3.05) is 0 Å². The molecule has 0 unspecified atom stereocenters. The molecule has 0 atom stereocenters. The molecular weight excluding hydrogens is 1850 g/mol. The normalized spacial score (nSPS) is 11.6. The van der Waals surface area contributed by atoms with Crippen molar-refractivity contribution >= 4 is 177 Å². The molecule has 0 bridgehead atoms. The highest BCUT2D eigenvalue weighted by Gasteiger charge is 2.24. The lowest BCUT2D eigenvalue weighted by Crippen LogP contribution is -1.98. The van der Waals surface area contributed by atoms with E-state index >= 15 is 0 Å². The number of para-hydroxylation sites is 5. The first kappa shape index (κ1) is 86.3. The van der Waals surface area contributed by atoms with Gasteiger partial charge in [0.15, 0.2) is 17.5 Å². The summed E-state index contributed by atoms with van der Waals surface area (Å²) in [6.45, 7) is 4.18. The maximum absolute atomic E-state index is 5.17. The average molecular weight is 1920 g/mol. The van der Waals surface area contributed by atoms with E-state index in [9.17, 15) is 0 Å². The SMILES string of the molecule is Cc1ccc(-c2cc(-c3ccc(-c4nc5ccccc5c5c4ccc4nsnc45)cc3)nc(-c3ccc(C)cc3)n2)cc1.c1ccc(-c2nc(-c3ccc(-c4nc5ccccc5c5c4ccc4nsnc45)cc3)cc(-c3cccc(-n4c5ccccc5c5ccccc54)c3)n2)cc1.c1ccc2cc(-c3cc(-c4ccc(-c5nc6ccccc6c6c5ccc5nsnc56)cc4)nc(-c4ccc5ccccc5c4)n3)ccc2c1. The highest BCUT2D eigenvalue weighted by atomic mass is 32.1. The molecule has 0 aliphatic carbocycles. The monoisotopic (exact) mass is 1920 g/mol. The lowest BCUT2D eigenvalue weighted by atomic mass is 9.97. The van der Waals surface area contributed by atoms with Crippen molar-refractivity contribution in [3.63, 3.8) is 0 Å². The molecule has 0 aliphatic heterocycles. The first-order valence-electron chi connectivity index (χ1n) is 48.2. The Morgan fingerprint density at radius 3 is 0.884 bits per heavy atom. The molecule has 146 heavy (non-hydrogen) atoms. The summed E-state index contributed by atoms with van der Waals surface area (Å²) in [6.07, 6.45) is 0. The minimum Gasteiger partial charge on any atom is -0.309 e. The van der Waals surface area contributed by atoms with Gasteiger partial charge < -0.3 is 4.57 Å². The molecule has 10 aromatic heterocycles. The van der Waals surface area contributed by atoms with Crippen molar-refractivity contribution in [2.45, 2.75) is 13.8 Å². The Bertz CT molecular complexity index is 10000. The van der Waals surface area contributed by atoms with Crippen LogP contribution < -0.4 is 0 Å². The number of hydrogen-bond acceptors (Lipinski definition) is 18. The summed E-state index contributed by atoms with van der Waals surface area (Å²) in [6, 6.07) is 152. The van der Waals surface area contributed by atoms with Gasteiger partial charge in [0, 0.05) is 132 Å². The van der Waals surface area contributed by atoms with Crippen LogP contribution in [0, 0.1) is 13.8 Å². The molecule has 16 nitrogen and oxygen atoms in total. The molecule has 0 saturated carbocycles. The predicted molar refractivity (Wildman–Crippen MR) is 601 cm³/mol. The molecule has 0 fully saturated rings. The fourth-order valence-corrected chi connectivity index (χ4v) is 21.9. The molecule has 684 valence electrons. The Morgan fingerprint density at radius 1 is 0.178 bits per heavy atom. The fraction of sp³-hybridized carbons (Fsp3) is 0.0157. The molecule has 0 spiro atoms. The molecule has 29 aromatic rings. The van der Waals surface area contributed by atoms with Gasteiger partial charge in [0.2, 0.25) is 0 Å². The first-order valence-corrected chi connectivity index (χ1v) is 50.4. The summed E-state index contributed by atoms with van der Waals surface area (Å²) in [5, 5.41) is 16.9. The van der Waals surface area contributed by atoms with E-state index in [1.807, 2.05) is 60.7 Å². The van der Waals surface area contributed by atoms with E-state index in [1.165, 1.54) is 84.3 Å². The number of pyridine rings is 3. The van der Waals surface area contributed by atoms with Gasteiger partial charge in [0.1, 0.15) is 33.1 Å². The van der Waals surface area contributed by atoms with Gasteiger partial charge in [0.05, 0.1) is 114 Å². The van der Waals surface area contributed by atoms with Crippen LogP contribution in [0.25, 0.3) is 283 Å². The number of fused-ring (bicyclic) bond motifs is 20. The number of rotatable bonds is 13. The van der Waals surface area contributed by atoms with Crippen LogP contribution in [0.5, 0.6) is 0 Å². The summed E-state index contributed by atoms with van der Waals surface area (Å²) >= 11 is 3.73. The van der Waals surface area contributed by atoms with E-state index < -0.39 is 0 Å². The molecule has 0 N–H and O–H groups in total. The van der Waals surface area contributed by atoms with Crippen LogP contribution in [-0.2, 0) is 0 Å². The van der Waals surface area contributed by atoms with E-state index in [2.05, 4.69) is 421 Å². The maximum Gasteiger partial charge on any atom is 0.160 e. The second-order valence-corrected chi connectivity index (χ2v) is 38.1. The summed E-state index contributed by atoms with van der Waals surface area (Å²) in [4.78, 5) is 46.0. The highest BCUT2D eigenvalue weighted by Crippen LogP contribution is 2.45. The van der Waals surface area contributed by atoms with Crippen LogP contribution in [0.2, 0.25) is 0 Å². The molecule has 19 aromatic carbocycles. The van der Waals surface area contributed by atoms with Gasteiger partial charge in [-0.05, 0) is 145 Å². The Hall–Kier alpha value is -18.8. The summed E-state index contributed by atoms with van der Waals surface area (Å²) in [7, 11) is 0. The van der Waals surface area contributed by atoms with Crippen molar-refractivity contribution in [3.8, 4) is 141 Å². The summed E-state index contributed by atoms with van der Waals surface area (Å²) < 4.78 is 29.9. The van der Waals surface area contributed by atoms with Crippen molar-refractivity contribution in [3.05, 3.63) is 448 Å². The lowest BCUT2D eigenvalue weighted by Gasteiger charge is -2.13. The Kier molecular flexibility index (Phi) is 21.5. The van der Waals surface area contributed by atoms with Crippen LogP contribution in [0.1, 0.15) is 11.1 Å². The van der Waals surface area contributed by atoms with Crippen molar-refractivity contribution in [1.82, 2.24) is 75.7 Å². The zero-order valence-corrected chi connectivity index (χ0v) is 80.9. The average Bonchev–Trinajstić information content (AvgIpc) is 1.32. The van der Waals surface area contributed by atoms with E-state index in [-0.39, 0.29) is 0 Å². The quantitative estimate of drug-likeness (QED) is 0.0987. The van der Waals surface area contributed by atoms with Crippen LogP contribution in [-0.4, -0.2) is 75.7 Å². The van der Waals surface area contributed by atoms with Gasteiger partial charge in [-0.25, -0.2) is 44.9 Å². The van der Waals surface area contributed by atoms with Crippen molar-refractivity contribution in [1.29, 1.82) is 0 Å². The second-order valence-electron chi connectivity index (χ2n) is 36.6. The van der Waals surface area contributed by atoms with E-state index in [4.69, 9.17) is 44.9 Å². The first-order chi connectivity index (χ1) is 72.1. The predicted octanol–water partition coefficient (Wildman–Crippen LogP) is 32.6. The van der Waals surface area contributed by atoms with Crippen molar-refractivity contribution < 1.29 is 0 Å². The molecule has 0 amide bonds. The van der Waals surface area contributed by atoms with Gasteiger partial charge in [-0.2, -0.15) is 26.2 Å². The molecule has 0 aliphatic rings. The number of nitrogens with zero attached hydrogens (tertiary/aromatic N) is 16. The number of benzene rings is 19. The second kappa shape index (κ2) is 36.4. The highest BCUT2D eigenvalue weighted by molar-refractivity contribution is 7.00. The van der Waals surface area contributed by atoms with Crippen LogP contribution >= 0.6 is 35.2 Å². The van der Waals surface area contributed by atoms with Gasteiger partial charge in [-0.15, -0.1) is 0 Å². The topological polar surface area (TPSA) is 198 Å². The largest absolute Gasteiger partial charge is 0.309 e. The number of aromatic nitrogens is 16. The summed E-state index contributed by atoms with van der Waals surface area (Å²) in [5.41, 5.74) is 34.3. The van der Waals surface area contributed by atoms with E-state index in [0.29, 0.717) is 17.5 Å². The van der Waals surface area contributed by atoms with Crippen LogP contribution in [0.4, 0.5) is 0 Å². The molecule has 10 heterocycles. The number of hydrogen-bond donors (Lipinski definition) is 0.